The standard InChI is InChI=1S/C15H18N2O4S/c1-4-5-16-13-17-10(7-22-13)14(3)8-15(12(19)21-14)6-9(2)20-11(15)18/h4,7,9H,1,5-6,8H2,2-3H3,(H,16,17)/t9-,14+,15-/m1/s1. The lowest BCUT2D eigenvalue weighted by molar-refractivity contribution is -0.160. The summed E-state index contributed by atoms with van der Waals surface area (Å²) in [5, 5.41) is 5.68. The molecule has 0 bridgehead atoms. The minimum atomic E-state index is -1.17. The summed E-state index contributed by atoms with van der Waals surface area (Å²) >= 11 is 1.43. The predicted octanol–water partition coefficient (Wildman–Crippen LogP) is 2.22. The molecular formula is C15H18N2O4S. The number of esters is 2. The van der Waals surface area contributed by atoms with E-state index in [1.165, 1.54) is 11.3 Å². The van der Waals surface area contributed by atoms with Gasteiger partial charge in [0.2, 0.25) is 0 Å². The summed E-state index contributed by atoms with van der Waals surface area (Å²) in [6.07, 6.45) is 2.12. The van der Waals surface area contributed by atoms with E-state index in [-0.39, 0.29) is 12.5 Å². The number of hydrogen-bond acceptors (Lipinski definition) is 7. The molecule has 7 heteroatoms. The molecule has 0 aromatic carbocycles. The van der Waals surface area contributed by atoms with Crippen molar-refractivity contribution in [1.82, 2.24) is 4.98 Å². The van der Waals surface area contributed by atoms with Gasteiger partial charge in [0, 0.05) is 24.8 Å². The van der Waals surface area contributed by atoms with Crippen LogP contribution in [-0.4, -0.2) is 29.6 Å². The fraction of sp³-hybridized carbons (Fsp3) is 0.533. The van der Waals surface area contributed by atoms with Crippen LogP contribution in [0.15, 0.2) is 18.0 Å². The highest BCUT2D eigenvalue weighted by atomic mass is 32.1. The monoisotopic (exact) mass is 322 g/mol. The van der Waals surface area contributed by atoms with Crippen LogP contribution < -0.4 is 5.32 Å². The number of hydrogen-bond donors (Lipinski definition) is 1. The average molecular weight is 322 g/mol. The summed E-state index contributed by atoms with van der Waals surface area (Å²) in [5.41, 5.74) is -1.42. The maximum atomic E-state index is 12.3. The van der Waals surface area contributed by atoms with Gasteiger partial charge in [-0.1, -0.05) is 6.08 Å². The molecule has 0 unspecified atom stereocenters. The number of anilines is 1. The third-order valence-electron chi connectivity index (χ3n) is 4.13. The highest BCUT2D eigenvalue weighted by molar-refractivity contribution is 7.13. The number of cyclic esters (lactones) is 2. The van der Waals surface area contributed by atoms with Gasteiger partial charge < -0.3 is 14.8 Å². The number of rotatable bonds is 4. The topological polar surface area (TPSA) is 77.5 Å². The molecule has 2 fully saturated rings. The first-order valence-electron chi connectivity index (χ1n) is 7.15. The van der Waals surface area contributed by atoms with Crippen molar-refractivity contribution >= 4 is 28.4 Å². The van der Waals surface area contributed by atoms with Crippen LogP contribution in [0, 0.1) is 5.41 Å². The zero-order valence-electron chi connectivity index (χ0n) is 12.5. The Balaban J connectivity index is 1.86. The first-order valence-corrected chi connectivity index (χ1v) is 8.03. The molecule has 2 saturated heterocycles. The van der Waals surface area contributed by atoms with Gasteiger partial charge in [0.1, 0.15) is 6.10 Å². The molecule has 3 rings (SSSR count). The molecule has 1 spiro atoms. The van der Waals surface area contributed by atoms with Crippen LogP contribution in [0.5, 0.6) is 0 Å². The van der Waals surface area contributed by atoms with E-state index < -0.39 is 23.0 Å². The lowest BCUT2D eigenvalue weighted by Gasteiger charge is -2.20. The van der Waals surface area contributed by atoms with Crippen molar-refractivity contribution < 1.29 is 19.1 Å². The molecule has 1 N–H and O–H groups in total. The summed E-state index contributed by atoms with van der Waals surface area (Å²) in [5.74, 6) is -0.980. The van der Waals surface area contributed by atoms with Gasteiger partial charge in [-0.2, -0.15) is 0 Å². The molecule has 0 saturated carbocycles. The second-order valence-electron chi connectivity index (χ2n) is 6.01. The molecule has 2 aliphatic heterocycles. The smallest absolute Gasteiger partial charge is 0.324 e. The van der Waals surface area contributed by atoms with E-state index in [4.69, 9.17) is 9.47 Å². The molecule has 3 heterocycles. The van der Waals surface area contributed by atoms with Crippen molar-refractivity contribution in [2.75, 3.05) is 11.9 Å². The van der Waals surface area contributed by atoms with E-state index in [0.29, 0.717) is 18.7 Å². The fourth-order valence-electron chi connectivity index (χ4n) is 3.11. The van der Waals surface area contributed by atoms with Gasteiger partial charge >= 0.3 is 11.9 Å². The Hall–Kier alpha value is -1.89. The molecule has 0 aliphatic carbocycles. The molecule has 0 radical (unpaired) electrons. The number of aromatic nitrogens is 1. The number of nitrogens with one attached hydrogen (secondary N) is 1. The second-order valence-corrected chi connectivity index (χ2v) is 6.86. The summed E-state index contributed by atoms with van der Waals surface area (Å²) in [4.78, 5) is 28.9. The van der Waals surface area contributed by atoms with Gasteiger partial charge in [-0.25, -0.2) is 4.98 Å². The number of ether oxygens (including phenoxy) is 2. The molecular weight excluding hydrogens is 304 g/mol. The van der Waals surface area contributed by atoms with Crippen molar-refractivity contribution in [3.05, 3.63) is 23.7 Å². The average Bonchev–Trinajstić information content (AvgIpc) is 3.08. The van der Waals surface area contributed by atoms with Gasteiger partial charge in [-0.05, 0) is 13.8 Å². The lowest BCUT2D eigenvalue weighted by atomic mass is 9.78. The second kappa shape index (κ2) is 5.08. The van der Waals surface area contributed by atoms with Crippen LogP contribution in [0.4, 0.5) is 5.13 Å². The van der Waals surface area contributed by atoms with Crippen LogP contribution >= 0.6 is 11.3 Å². The molecule has 1 aromatic heterocycles. The summed E-state index contributed by atoms with van der Waals surface area (Å²) in [6.45, 7) is 7.83. The van der Waals surface area contributed by atoms with Gasteiger partial charge in [0.25, 0.3) is 0 Å². The van der Waals surface area contributed by atoms with E-state index in [1.54, 1.807) is 19.9 Å². The number of nitrogens with zero attached hydrogens (tertiary/aromatic N) is 1. The maximum Gasteiger partial charge on any atom is 0.324 e. The molecule has 22 heavy (non-hydrogen) atoms. The first-order chi connectivity index (χ1) is 10.4. The third kappa shape index (κ3) is 2.20. The Kier molecular flexibility index (Phi) is 3.47. The maximum absolute atomic E-state index is 12.3. The van der Waals surface area contributed by atoms with Crippen molar-refractivity contribution in [2.45, 2.75) is 38.4 Å². The van der Waals surface area contributed by atoms with Crippen LogP contribution in [0.1, 0.15) is 32.4 Å². The van der Waals surface area contributed by atoms with Crippen molar-refractivity contribution in [2.24, 2.45) is 5.41 Å². The van der Waals surface area contributed by atoms with E-state index in [9.17, 15) is 9.59 Å². The Labute approximate surface area is 132 Å². The number of carbonyl (C=O) groups is 2. The van der Waals surface area contributed by atoms with Gasteiger partial charge in [-0.3, -0.25) is 9.59 Å². The minimum absolute atomic E-state index is 0.261. The number of thiazole rings is 1. The summed E-state index contributed by atoms with van der Waals surface area (Å²) in [7, 11) is 0. The predicted molar refractivity (Wildman–Crippen MR) is 81.5 cm³/mol. The largest absolute Gasteiger partial charge is 0.462 e. The summed E-state index contributed by atoms with van der Waals surface area (Å²) in [6, 6.07) is 0. The highest BCUT2D eigenvalue weighted by Gasteiger charge is 2.65. The number of carbonyl (C=O) groups excluding carboxylic acids is 2. The first kappa shape index (κ1) is 15.0. The minimum Gasteiger partial charge on any atom is -0.462 e. The van der Waals surface area contributed by atoms with Gasteiger partial charge in [-0.15, -0.1) is 17.9 Å². The summed E-state index contributed by atoms with van der Waals surface area (Å²) < 4.78 is 10.7. The van der Waals surface area contributed by atoms with Crippen molar-refractivity contribution in [3.8, 4) is 0 Å². The molecule has 118 valence electrons. The van der Waals surface area contributed by atoms with Crippen LogP contribution in [0.25, 0.3) is 0 Å². The highest BCUT2D eigenvalue weighted by Crippen LogP contribution is 2.52. The molecule has 3 atom stereocenters. The van der Waals surface area contributed by atoms with Gasteiger partial charge in [0.15, 0.2) is 16.1 Å². The zero-order chi connectivity index (χ0) is 16.0. The Morgan fingerprint density at radius 3 is 2.95 bits per heavy atom. The molecule has 1 aromatic rings. The Morgan fingerprint density at radius 2 is 2.32 bits per heavy atom. The Morgan fingerprint density at radius 1 is 1.55 bits per heavy atom. The normalized spacial score (nSPS) is 33.8. The van der Waals surface area contributed by atoms with E-state index in [1.807, 2.05) is 5.38 Å². The SMILES string of the molecule is C=CCNc1nc([C@]2(C)C[C@@]3(C[C@@H](C)OC3=O)C(=O)O2)cs1. The third-order valence-corrected chi connectivity index (χ3v) is 4.93. The van der Waals surface area contributed by atoms with E-state index >= 15 is 0 Å². The van der Waals surface area contributed by atoms with Crippen molar-refractivity contribution in [1.29, 1.82) is 0 Å². The van der Waals surface area contributed by atoms with E-state index in [2.05, 4.69) is 16.9 Å². The molecule has 6 nitrogen and oxygen atoms in total. The Bertz CT molecular complexity index is 643. The zero-order valence-corrected chi connectivity index (χ0v) is 13.4. The quantitative estimate of drug-likeness (QED) is 0.520. The fourth-order valence-corrected chi connectivity index (χ4v) is 3.95. The van der Waals surface area contributed by atoms with Crippen LogP contribution in [0.3, 0.4) is 0 Å². The van der Waals surface area contributed by atoms with Gasteiger partial charge in [0.05, 0.1) is 5.69 Å². The molecule has 2 aliphatic rings. The van der Waals surface area contributed by atoms with Crippen LogP contribution in [-0.2, 0) is 24.7 Å². The lowest BCUT2D eigenvalue weighted by Crippen LogP contribution is -2.31. The van der Waals surface area contributed by atoms with Crippen molar-refractivity contribution in [3.63, 3.8) is 0 Å². The van der Waals surface area contributed by atoms with E-state index in [0.717, 1.165) is 5.13 Å². The van der Waals surface area contributed by atoms with Crippen LogP contribution in [0.2, 0.25) is 0 Å². The molecule has 0 amide bonds.